The Morgan fingerprint density at radius 3 is 2.83 bits per heavy atom. The molecule has 0 aromatic heterocycles. The van der Waals surface area contributed by atoms with Crippen molar-refractivity contribution in [2.45, 2.75) is 25.4 Å². The summed E-state index contributed by atoms with van der Waals surface area (Å²) in [5, 5.41) is 0. The van der Waals surface area contributed by atoms with E-state index in [-0.39, 0.29) is 11.7 Å². The molecule has 2 nitrogen and oxygen atoms in total. The SMILES string of the molecule is C=C1CC(CS(=O)[O-])CCC1F. The van der Waals surface area contributed by atoms with Crippen LogP contribution in [0.25, 0.3) is 0 Å². The van der Waals surface area contributed by atoms with Gasteiger partial charge in [0.25, 0.3) is 0 Å². The first kappa shape index (κ1) is 9.86. The van der Waals surface area contributed by atoms with Gasteiger partial charge in [-0.15, -0.1) is 0 Å². The fourth-order valence-electron chi connectivity index (χ4n) is 1.52. The molecule has 1 saturated carbocycles. The molecule has 0 spiro atoms. The minimum Gasteiger partial charge on any atom is -0.772 e. The maximum Gasteiger partial charge on any atom is 0.121 e. The second kappa shape index (κ2) is 4.14. The van der Waals surface area contributed by atoms with Gasteiger partial charge in [-0.05, 0) is 30.8 Å². The topological polar surface area (TPSA) is 40.1 Å². The van der Waals surface area contributed by atoms with Crippen LogP contribution in [0.5, 0.6) is 0 Å². The van der Waals surface area contributed by atoms with E-state index in [4.69, 9.17) is 0 Å². The second-order valence-electron chi connectivity index (χ2n) is 3.24. The zero-order valence-corrected chi connectivity index (χ0v) is 7.61. The van der Waals surface area contributed by atoms with Crippen molar-refractivity contribution in [3.8, 4) is 0 Å². The van der Waals surface area contributed by atoms with E-state index in [1.54, 1.807) is 0 Å². The lowest BCUT2D eigenvalue weighted by Crippen LogP contribution is -2.21. The molecule has 0 aromatic rings. The van der Waals surface area contributed by atoms with Crippen LogP contribution in [0.4, 0.5) is 4.39 Å². The van der Waals surface area contributed by atoms with Crippen LogP contribution in [0.15, 0.2) is 12.2 Å². The molecule has 0 aliphatic heterocycles. The largest absolute Gasteiger partial charge is 0.772 e. The average molecular weight is 191 g/mol. The van der Waals surface area contributed by atoms with E-state index in [2.05, 4.69) is 6.58 Å². The Labute approximate surface area is 74.1 Å². The first-order valence-electron chi connectivity index (χ1n) is 3.97. The van der Waals surface area contributed by atoms with Gasteiger partial charge < -0.3 is 4.55 Å². The standard InChI is InChI=1S/C8H13FO2S/c1-6-4-7(5-12(10)11)2-3-8(6)9/h7-8H,1-5H2,(H,10,11)/p-1. The summed E-state index contributed by atoms with van der Waals surface area (Å²) in [6.45, 7) is 3.58. The zero-order chi connectivity index (χ0) is 9.14. The average Bonchev–Trinajstić information content (AvgIpc) is 1.96. The third-order valence-corrected chi connectivity index (χ3v) is 2.94. The Kier molecular flexibility index (Phi) is 3.40. The van der Waals surface area contributed by atoms with Crippen molar-refractivity contribution in [1.82, 2.24) is 0 Å². The molecule has 12 heavy (non-hydrogen) atoms. The lowest BCUT2D eigenvalue weighted by molar-refractivity contribution is 0.282. The molecule has 0 radical (unpaired) electrons. The van der Waals surface area contributed by atoms with E-state index in [9.17, 15) is 13.2 Å². The molecule has 1 fully saturated rings. The van der Waals surface area contributed by atoms with Crippen molar-refractivity contribution in [1.29, 1.82) is 0 Å². The van der Waals surface area contributed by atoms with Gasteiger partial charge in [-0.25, -0.2) is 4.39 Å². The van der Waals surface area contributed by atoms with E-state index in [0.717, 1.165) is 0 Å². The van der Waals surface area contributed by atoms with Crippen LogP contribution in [0.2, 0.25) is 0 Å². The lowest BCUT2D eigenvalue weighted by atomic mass is 9.86. The Morgan fingerprint density at radius 2 is 2.33 bits per heavy atom. The van der Waals surface area contributed by atoms with Gasteiger partial charge in [0, 0.05) is 5.75 Å². The number of rotatable bonds is 2. The summed E-state index contributed by atoms with van der Waals surface area (Å²) in [7, 11) is 0. The summed E-state index contributed by atoms with van der Waals surface area (Å²) in [5.74, 6) is 0.231. The quantitative estimate of drug-likeness (QED) is 0.491. The van der Waals surface area contributed by atoms with Crippen molar-refractivity contribution >= 4 is 11.1 Å². The maximum absolute atomic E-state index is 12.8. The fraction of sp³-hybridized carbons (Fsp3) is 0.750. The molecule has 0 bridgehead atoms. The maximum atomic E-state index is 12.8. The van der Waals surface area contributed by atoms with E-state index < -0.39 is 17.3 Å². The summed E-state index contributed by atoms with van der Waals surface area (Å²) in [5.41, 5.74) is 0.553. The van der Waals surface area contributed by atoms with Crippen LogP contribution >= 0.6 is 0 Å². The van der Waals surface area contributed by atoms with Gasteiger partial charge in [-0.3, -0.25) is 4.21 Å². The van der Waals surface area contributed by atoms with Crippen LogP contribution in [0.3, 0.4) is 0 Å². The van der Waals surface area contributed by atoms with Gasteiger partial charge in [-0.2, -0.15) is 0 Å². The number of hydrogen-bond acceptors (Lipinski definition) is 2. The summed E-state index contributed by atoms with van der Waals surface area (Å²) in [6, 6.07) is 0. The molecule has 0 N–H and O–H groups in total. The highest BCUT2D eigenvalue weighted by Crippen LogP contribution is 2.29. The minimum atomic E-state index is -2.00. The third kappa shape index (κ3) is 2.68. The van der Waals surface area contributed by atoms with Crippen molar-refractivity contribution < 1.29 is 13.2 Å². The molecule has 3 atom stereocenters. The molecular weight excluding hydrogens is 179 g/mol. The molecule has 0 aromatic carbocycles. The molecule has 1 aliphatic rings. The van der Waals surface area contributed by atoms with Crippen LogP contribution in [0.1, 0.15) is 19.3 Å². The summed E-state index contributed by atoms with van der Waals surface area (Å²) >= 11 is -2.00. The Balaban J connectivity index is 2.40. The molecule has 0 heterocycles. The molecule has 0 amide bonds. The van der Waals surface area contributed by atoms with Crippen LogP contribution < -0.4 is 0 Å². The highest BCUT2D eigenvalue weighted by atomic mass is 32.2. The number of allylic oxidation sites excluding steroid dienone is 1. The predicted molar refractivity (Wildman–Crippen MR) is 45.2 cm³/mol. The van der Waals surface area contributed by atoms with E-state index >= 15 is 0 Å². The van der Waals surface area contributed by atoms with E-state index in [0.29, 0.717) is 24.8 Å². The summed E-state index contributed by atoms with van der Waals surface area (Å²) in [4.78, 5) is 0. The normalized spacial score (nSPS) is 33.3. The Hall–Kier alpha value is -0.220. The van der Waals surface area contributed by atoms with Gasteiger partial charge >= 0.3 is 0 Å². The monoisotopic (exact) mass is 191 g/mol. The Morgan fingerprint density at radius 1 is 1.67 bits per heavy atom. The summed E-state index contributed by atoms with van der Waals surface area (Å²) < 4.78 is 33.5. The smallest absolute Gasteiger partial charge is 0.121 e. The van der Waals surface area contributed by atoms with Gasteiger partial charge in [0.05, 0.1) is 0 Å². The van der Waals surface area contributed by atoms with Crippen LogP contribution in [-0.4, -0.2) is 20.7 Å². The van der Waals surface area contributed by atoms with Gasteiger partial charge in [0.15, 0.2) is 0 Å². The Bertz CT molecular complexity index is 205. The van der Waals surface area contributed by atoms with Crippen molar-refractivity contribution in [3.05, 3.63) is 12.2 Å². The predicted octanol–water partition coefficient (Wildman–Crippen LogP) is 1.56. The summed E-state index contributed by atoms with van der Waals surface area (Å²) in [6.07, 6.45) is 0.700. The molecule has 70 valence electrons. The number of alkyl halides is 1. The molecule has 1 rings (SSSR count). The van der Waals surface area contributed by atoms with Crippen molar-refractivity contribution in [2.24, 2.45) is 5.92 Å². The van der Waals surface area contributed by atoms with Gasteiger partial charge in [-0.1, -0.05) is 17.7 Å². The second-order valence-corrected chi connectivity index (χ2v) is 4.18. The molecular formula is C8H12FO2S-. The van der Waals surface area contributed by atoms with Crippen LogP contribution in [-0.2, 0) is 11.1 Å². The lowest BCUT2D eigenvalue weighted by Gasteiger charge is -2.26. The first-order chi connectivity index (χ1) is 5.59. The first-order valence-corrected chi connectivity index (χ1v) is 5.21. The third-order valence-electron chi connectivity index (χ3n) is 2.19. The highest BCUT2D eigenvalue weighted by molar-refractivity contribution is 7.79. The highest BCUT2D eigenvalue weighted by Gasteiger charge is 2.23. The number of halogens is 1. The van der Waals surface area contributed by atoms with E-state index in [1.165, 1.54) is 0 Å². The molecule has 4 heteroatoms. The number of hydrogen-bond donors (Lipinski definition) is 0. The molecule has 1 aliphatic carbocycles. The van der Waals surface area contributed by atoms with Gasteiger partial charge in [0.2, 0.25) is 0 Å². The van der Waals surface area contributed by atoms with Crippen molar-refractivity contribution in [3.63, 3.8) is 0 Å². The molecule has 0 saturated heterocycles. The molecule has 3 unspecified atom stereocenters. The van der Waals surface area contributed by atoms with Gasteiger partial charge in [0.1, 0.15) is 6.17 Å². The fourth-order valence-corrected chi connectivity index (χ4v) is 2.19. The zero-order valence-electron chi connectivity index (χ0n) is 6.79. The van der Waals surface area contributed by atoms with Crippen molar-refractivity contribution in [2.75, 3.05) is 5.75 Å². The minimum absolute atomic E-state index is 0.0860. The van der Waals surface area contributed by atoms with E-state index in [1.807, 2.05) is 0 Å². The van der Waals surface area contributed by atoms with Crippen LogP contribution in [0, 0.1) is 5.92 Å².